The van der Waals surface area contributed by atoms with Gasteiger partial charge in [0.25, 0.3) is 5.91 Å². The van der Waals surface area contributed by atoms with Gasteiger partial charge in [-0.3, -0.25) is 4.79 Å². The summed E-state index contributed by atoms with van der Waals surface area (Å²) in [5.74, 6) is -0.382. The van der Waals surface area contributed by atoms with Crippen molar-refractivity contribution < 1.29 is 18.3 Å². The molecule has 1 heterocycles. The van der Waals surface area contributed by atoms with Crippen LogP contribution in [0, 0.1) is 0 Å². The number of rotatable bonds is 6. The topological polar surface area (TPSA) is 86.7 Å². The van der Waals surface area contributed by atoms with E-state index in [4.69, 9.17) is 16.7 Å². The van der Waals surface area contributed by atoms with Crippen molar-refractivity contribution in [1.29, 1.82) is 0 Å². The van der Waals surface area contributed by atoms with Crippen molar-refractivity contribution in [3.8, 4) is 0 Å². The van der Waals surface area contributed by atoms with E-state index in [9.17, 15) is 13.2 Å². The van der Waals surface area contributed by atoms with Crippen molar-refractivity contribution in [2.24, 2.45) is 0 Å². The Kier molecular flexibility index (Phi) is 7.03. The van der Waals surface area contributed by atoms with Gasteiger partial charge in [0.1, 0.15) is 4.90 Å². The number of sulfonamides is 1. The Morgan fingerprint density at radius 1 is 1.21 bits per heavy atom. The van der Waals surface area contributed by atoms with Crippen LogP contribution in [0.3, 0.4) is 0 Å². The molecular weight excluding hydrogens is 352 g/mol. The zero-order valence-corrected chi connectivity index (χ0v) is 15.1. The number of aliphatic hydroxyl groups is 1. The van der Waals surface area contributed by atoms with E-state index < -0.39 is 10.0 Å². The van der Waals surface area contributed by atoms with Gasteiger partial charge in [0.15, 0.2) is 0 Å². The van der Waals surface area contributed by atoms with Crippen LogP contribution in [-0.4, -0.2) is 50.0 Å². The number of carbonyl (C=O) groups excluding carboxylic acids is 1. The average molecular weight is 375 g/mol. The molecule has 0 saturated carbocycles. The van der Waals surface area contributed by atoms with Gasteiger partial charge in [-0.2, -0.15) is 4.31 Å². The fourth-order valence-corrected chi connectivity index (χ4v) is 4.66. The quantitative estimate of drug-likeness (QED) is 0.746. The summed E-state index contributed by atoms with van der Waals surface area (Å²) in [5.41, 5.74) is 0.241. The third kappa shape index (κ3) is 4.69. The highest BCUT2D eigenvalue weighted by Crippen LogP contribution is 2.27. The van der Waals surface area contributed by atoms with E-state index in [0.29, 0.717) is 26.1 Å². The highest BCUT2D eigenvalue weighted by atomic mass is 35.5. The molecule has 0 spiro atoms. The third-order valence-corrected chi connectivity index (χ3v) is 6.38. The molecule has 24 heavy (non-hydrogen) atoms. The summed E-state index contributed by atoms with van der Waals surface area (Å²) in [4.78, 5) is 12.1. The zero-order chi connectivity index (χ0) is 17.6. The predicted octanol–water partition coefficient (Wildman–Crippen LogP) is 2.02. The van der Waals surface area contributed by atoms with E-state index in [1.165, 1.54) is 22.5 Å². The standard InChI is InChI=1S/C16H23ClN2O4S/c17-14-7-6-13(16(21)18-8-5-11-20)12-15(14)24(22,23)19-9-3-1-2-4-10-19/h6-7,12,20H,1-5,8-11H2,(H,18,21). The lowest BCUT2D eigenvalue weighted by molar-refractivity contribution is 0.0951. The highest BCUT2D eigenvalue weighted by Gasteiger charge is 2.28. The minimum absolute atomic E-state index is 0.0184. The maximum atomic E-state index is 12.9. The molecule has 0 atom stereocenters. The number of halogens is 1. The van der Waals surface area contributed by atoms with Crippen LogP contribution in [0.4, 0.5) is 0 Å². The van der Waals surface area contributed by atoms with E-state index in [1.54, 1.807) is 0 Å². The highest BCUT2D eigenvalue weighted by molar-refractivity contribution is 7.89. The molecular formula is C16H23ClN2O4S. The molecule has 0 radical (unpaired) electrons. The van der Waals surface area contributed by atoms with Crippen LogP contribution in [0.1, 0.15) is 42.5 Å². The van der Waals surface area contributed by atoms with Gasteiger partial charge in [-0.1, -0.05) is 24.4 Å². The molecule has 1 aromatic rings. The summed E-state index contributed by atoms with van der Waals surface area (Å²) < 4.78 is 27.2. The molecule has 1 aromatic carbocycles. The SMILES string of the molecule is O=C(NCCCO)c1ccc(Cl)c(S(=O)(=O)N2CCCCCC2)c1. The van der Waals surface area contributed by atoms with Gasteiger partial charge in [0.05, 0.1) is 5.02 Å². The Balaban J connectivity index is 2.25. The predicted molar refractivity (Wildman–Crippen MR) is 92.7 cm³/mol. The molecule has 0 bridgehead atoms. The van der Waals surface area contributed by atoms with E-state index in [-0.39, 0.29) is 28.0 Å². The Hall–Kier alpha value is -1.15. The average Bonchev–Trinajstić information content (AvgIpc) is 2.85. The van der Waals surface area contributed by atoms with Crippen LogP contribution in [-0.2, 0) is 10.0 Å². The first-order valence-corrected chi connectivity index (χ1v) is 9.97. The van der Waals surface area contributed by atoms with Gasteiger partial charge in [0.2, 0.25) is 10.0 Å². The lowest BCUT2D eigenvalue weighted by atomic mass is 10.2. The molecule has 0 aliphatic carbocycles. The first kappa shape index (κ1) is 19.2. The molecule has 1 fully saturated rings. The molecule has 134 valence electrons. The van der Waals surface area contributed by atoms with Crippen molar-refractivity contribution in [2.45, 2.75) is 37.0 Å². The number of nitrogens with zero attached hydrogens (tertiary/aromatic N) is 1. The van der Waals surface area contributed by atoms with E-state index in [0.717, 1.165) is 25.7 Å². The largest absolute Gasteiger partial charge is 0.396 e. The number of hydrogen-bond donors (Lipinski definition) is 2. The van der Waals surface area contributed by atoms with Crippen LogP contribution in [0.25, 0.3) is 0 Å². The monoisotopic (exact) mass is 374 g/mol. The maximum Gasteiger partial charge on any atom is 0.251 e. The van der Waals surface area contributed by atoms with Crippen LogP contribution < -0.4 is 5.32 Å². The van der Waals surface area contributed by atoms with Gasteiger partial charge in [0, 0.05) is 31.8 Å². The number of hydrogen-bond acceptors (Lipinski definition) is 4. The van der Waals surface area contributed by atoms with Gasteiger partial charge in [-0.15, -0.1) is 0 Å². The van der Waals surface area contributed by atoms with Crippen LogP contribution in [0.15, 0.2) is 23.1 Å². The second kappa shape index (κ2) is 8.80. The normalized spacial score (nSPS) is 16.6. The summed E-state index contributed by atoms with van der Waals surface area (Å²) in [6.45, 7) is 1.26. The van der Waals surface area contributed by atoms with Crippen LogP contribution in [0.5, 0.6) is 0 Å². The summed E-state index contributed by atoms with van der Waals surface area (Å²) >= 11 is 6.10. The number of aliphatic hydroxyl groups excluding tert-OH is 1. The second-order valence-corrected chi connectivity index (χ2v) is 8.11. The number of amides is 1. The molecule has 1 saturated heterocycles. The van der Waals surface area contributed by atoms with Gasteiger partial charge in [-0.05, 0) is 37.5 Å². The minimum atomic E-state index is -3.72. The smallest absolute Gasteiger partial charge is 0.251 e. The summed E-state index contributed by atoms with van der Waals surface area (Å²) in [7, 11) is -3.72. The van der Waals surface area contributed by atoms with Crippen molar-refractivity contribution in [3.63, 3.8) is 0 Å². The lowest BCUT2D eigenvalue weighted by Crippen LogP contribution is -2.32. The summed E-state index contributed by atoms with van der Waals surface area (Å²) in [6, 6.07) is 4.27. The molecule has 0 unspecified atom stereocenters. The van der Waals surface area contributed by atoms with E-state index in [1.807, 2.05) is 0 Å². The van der Waals surface area contributed by atoms with Crippen molar-refractivity contribution in [1.82, 2.24) is 9.62 Å². The van der Waals surface area contributed by atoms with Gasteiger partial charge >= 0.3 is 0 Å². The number of carbonyl (C=O) groups is 1. The number of nitrogens with one attached hydrogen (secondary N) is 1. The molecule has 1 amide bonds. The molecule has 0 aromatic heterocycles. The maximum absolute atomic E-state index is 12.9. The van der Waals surface area contributed by atoms with Crippen molar-refractivity contribution in [3.05, 3.63) is 28.8 Å². The van der Waals surface area contributed by atoms with Crippen molar-refractivity contribution >= 4 is 27.5 Å². The van der Waals surface area contributed by atoms with Crippen LogP contribution >= 0.6 is 11.6 Å². The minimum Gasteiger partial charge on any atom is -0.396 e. The Morgan fingerprint density at radius 3 is 2.50 bits per heavy atom. The molecule has 2 rings (SSSR count). The summed E-state index contributed by atoms with van der Waals surface area (Å²) in [6.07, 6.45) is 4.15. The Labute approximate surface area is 147 Å². The first-order valence-electron chi connectivity index (χ1n) is 8.15. The fourth-order valence-electron chi connectivity index (χ4n) is 2.65. The summed E-state index contributed by atoms with van der Waals surface area (Å²) in [5, 5.41) is 11.5. The molecule has 6 nitrogen and oxygen atoms in total. The Morgan fingerprint density at radius 2 is 1.88 bits per heavy atom. The van der Waals surface area contributed by atoms with Gasteiger partial charge in [-0.25, -0.2) is 8.42 Å². The zero-order valence-electron chi connectivity index (χ0n) is 13.5. The van der Waals surface area contributed by atoms with Crippen LogP contribution in [0.2, 0.25) is 5.02 Å². The molecule has 1 aliphatic rings. The Bertz CT molecular complexity index is 671. The third-order valence-electron chi connectivity index (χ3n) is 4.00. The fraction of sp³-hybridized carbons (Fsp3) is 0.562. The molecule has 1 aliphatic heterocycles. The van der Waals surface area contributed by atoms with Gasteiger partial charge < -0.3 is 10.4 Å². The lowest BCUT2D eigenvalue weighted by Gasteiger charge is -2.21. The van der Waals surface area contributed by atoms with E-state index in [2.05, 4.69) is 5.32 Å². The van der Waals surface area contributed by atoms with Crippen molar-refractivity contribution in [2.75, 3.05) is 26.2 Å². The number of benzene rings is 1. The van der Waals surface area contributed by atoms with E-state index >= 15 is 0 Å². The first-order chi connectivity index (χ1) is 11.5. The molecule has 2 N–H and O–H groups in total. The second-order valence-electron chi connectivity index (χ2n) is 5.80. The molecule has 8 heteroatoms.